The van der Waals surface area contributed by atoms with E-state index in [2.05, 4.69) is 37.5 Å². The van der Waals surface area contributed by atoms with Gasteiger partial charge in [0.15, 0.2) is 0 Å². The maximum atomic E-state index is 6.48. The topological polar surface area (TPSA) is 75.6 Å². The highest BCUT2D eigenvalue weighted by atomic mass is 35.5. The van der Waals surface area contributed by atoms with Gasteiger partial charge in [0.25, 0.3) is 0 Å². The average Bonchev–Trinajstić information content (AvgIpc) is 2.59. The minimum Gasteiger partial charge on any atom is -0.370 e. The fourth-order valence-corrected chi connectivity index (χ4v) is 2.96. The number of benzene rings is 1. The van der Waals surface area contributed by atoms with E-state index in [1.54, 1.807) is 12.4 Å². The van der Waals surface area contributed by atoms with E-state index in [0.717, 1.165) is 40.9 Å². The van der Waals surface area contributed by atoms with Crippen molar-refractivity contribution in [1.29, 1.82) is 0 Å². The molecule has 0 bridgehead atoms. The summed E-state index contributed by atoms with van der Waals surface area (Å²) in [6.45, 7) is 8.80. The minimum atomic E-state index is 0.587. The van der Waals surface area contributed by atoms with Gasteiger partial charge in [-0.15, -0.1) is 0 Å². The molecule has 0 fully saturated rings. The fourth-order valence-electron chi connectivity index (χ4n) is 2.66. The van der Waals surface area contributed by atoms with Crippen molar-refractivity contribution < 1.29 is 0 Å². The monoisotopic (exact) mass is 356 g/mol. The van der Waals surface area contributed by atoms with E-state index in [1.807, 2.05) is 26.8 Å². The van der Waals surface area contributed by atoms with Crippen LogP contribution in [0.4, 0.5) is 17.3 Å². The Balaban J connectivity index is 2.09. The number of nitrogens with one attached hydrogen (secondary N) is 2. The summed E-state index contributed by atoms with van der Waals surface area (Å²) in [4.78, 5) is 17.9. The number of nitrogens with zero attached hydrogens (tertiary/aromatic N) is 4. The first-order chi connectivity index (χ1) is 12.0. The van der Waals surface area contributed by atoms with Crippen molar-refractivity contribution in [1.82, 2.24) is 19.9 Å². The third-order valence-electron chi connectivity index (χ3n) is 3.93. The Kier molecular flexibility index (Phi) is 4.99. The smallest absolute Gasteiger partial charge is 0.139 e. The lowest BCUT2D eigenvalue weighted by Gasteiger charge is -2.16. The van der Waals surface area contributed by atoms with Gasteiger partial charge in [-0.05, 0) is 38.8 Å². The Labute approximate surface area is 152 Å². The van der Waals surface area contributed by atoms with Gasteiger partial charge in [-0.1, -0.05) is 18.5 Å². The zero-order valence-electron chi connectivity index (χ0n) is 14.8. The molecule has 3 rings (SSSR count). The first-order valence-corrected chi connectivity index (χ1v) is 8.65. The first kappa shape index (κ1) is 17.4. The van der Waals surface area contributed by atoms with Crippen molar-refractivity contribution in [3.8, 4) is 0 Å². The molecule has 0 aliphatic heterocycles. The summed E-state index contributed by atoms with van der Waals surface area (Å²) in [6.07, 6.45) is 4.37. The lowest BCUT2D eigenvalue weighted by atomic mass is 10.1. The highest BCUT2D eigenvalue weighted by Crippen LogP contribution is 2.34. The van der Waals surface area contributed by atoms with E-state index in [0.29, 0.717) is 22.4 Å². The summed E-state index contributed by atoms with van der Waals surface area (Å²) in [7, 11) is 0. The molecule has 6 nitrogen and oxygen atoms in total. The Morgan fingerprint density at radius 1 is 1.00 bits per heavy atom. The lowest BCUT2D eigenvalue weighted by Crippen LogP contribution is -2.09. The molecule has 0 amide bonds. The molecule has 0 radical (unpaired) electrons. The molecule has 0 spiro atoms. The van der Waals surface area contributed by atoms with Crippen LogP contribution in [0.2, 0.25) is 5.02 Å². The summed E-state index contributed by atoms with van der Waals surface area (Å²) in [6, 6.07) is 1.89. The molecule has 25 heavy (non-hydrogen) atoms. The van der Waals surface area contributed by atoms with E-state index in [9.17, 15) is 0 Å². The molecular weight excluding hydrogens is 336 g/mol. The molecule has 7 heteroatoms. The van der Waals surface area contributed by atoms with E-state index in [4.69, 9.17) is 11.6 Å². The Morgan fingerprint density at radius 2 is 1.68 bits per heavy atom. The fraction of sp³-hybridized carbons (Fsp3) is 0.333. The molecule has 0 aliphatic carbocycles. The van der Waals surface area contributed by atoms with Crippen molar-refractivity contribution in [2.24, 2.45) is 0 Å². The summed E-state index contributed by atoms with van der Waals surface area (Å²) in [5, 5.41) is 7.27. The molecule has 1 aromatic carbocycles. The molecule has 2 N–H and O–H groups in total. The van der Waals surface area contributed by atoms with Gasteiger partial charge in [-0.25, -0.2) is 9.97 Å². The van der Waals surface area contributed by atoms with E-state index in [1.165, 1.54) is 0 Å². The highest BCUT2D eigenvalue weighted by Gasteiger charge is 2.15. The molecule has 3 aromatic rings. The van der Waals surface area contributed by atoms with Gasteiger partial charge in [0.2, 0.25) is 0 Å². The molecular formula is C18H21ClN6. The summed E-state index contributed by atoms with van der Waals surface area (Å²) in [5.74, 6) is 2.23. The summed E-state index contributed by atoms with van der Waals surface area (Å²) < 4.78 is 0. The molecule has 0 saturated heterocycles. The molecule has 130 valence electrons. The minimum absolute atomic E-state index is 0.587. The Hall–Kier alpha value is -2.47. The Morgan fingerprint density at radius 3 is 2.40 bits per heavy atom. The van der Waals surface area contributed by atoms with Crippen LogP contribution in [0.15, 0.2) is 18.5 Å². The van der Waals surface area contributed by atoms with Crippen LogP contribution in [0, 0.1) is 20.8 Å². The van der Waals surface area contributed by atoms with Gasteiger partial charge in [0.1, 0.15) is 23.0 Å². The molecule has 0 aliphatic rings. The molecule has 0 saturated carbocycles. The van der Waals surface area contributed by atoms with Crippen LogP contribution < -0.4 is 10.6 Å². The first-order valence-electron chi connectivity index (χ1n) is 8.27. The van der Waals surface area contributed by atoms with Gasteiger partial charge in [-0.3, -0.25) is 9.97 Å². The van der Waals surface area contributed by atoms with Crippen LogP contribution in [0.5, 0.6) is 0 Å². The summed E-state index contributed by atoms with van der Waals surface area (Å²) in [5.41, 5.74) is 4.18. The molecule has 0 unspecified atom stereocenters. The van der Waals surface area contributed by atoms with Crippen LogP contribution in [-0.2, 0) is 0 Å². The highest BCUT2D eigenvalue weighted by molar-refractivity contribution is 6.35. The summed E-state index contributed by atoms with van der Waals surface area (Å²) >= 11 is 6.48. The standard InChI is InChI=1S/C18H21ClN6/c1-5-6-22-17-11(3)18(24-12(4)23-17)25-15-13(19)9-10(2)14-16(15)21-8-7-20-14/h7-9H,5-6H2,1-4H3,(H2,22,23,24,25). The molecule has 2 aromatic heterocycles. The van der Waals surface area contributed by atoms with Crippen molar-refractivity contribution in [3.05, 3.63) is 40.4 Å². The number of fused-ring (bicyclic) bond motifs is 1. The number of aryl methyl sites for hydroxylation is 2. The number of hydrogen-bond acceptors (Lipinski definition) is 6. The van der Waals surface area contributed by atoms with Crippen LogP contribution >= 0.6 is 11.6 Å². The van der Waals surface area contributed by atoms with Gasteiger partial charge >= 0.3 is 0 Å². The maximum absolute atomic E-state index is 6.48. The predicted molar refractivity (Wildman–Crippen MR) is 103 cm³/mol. The largest absolute Gasteiger partial charge is 0.370 e. The van der Waals surface area contributed by atoms with Crippen molar-refractivity contribution in [2.45, 2.75) is 34.1 Å². The van der Waals surface area contributed by atoms with Crippen molar-refractivity contribution in [3.63, 3.8) is 0 Å². The number of halogens is 1. The van der Waals surface area contributed by atoms with Crippen molar-refractivity contribution >= 4 is 40.0 Å². The zero-order valence-corrected chi connectivity index (χ0v) is 15.6. The third kappa shape index (κ3) is 3.49. The van der Waals surface area contributed by atoms with E-state index in [-0.39, 0.29) is 0 Å². The predicted octanol–water partition coefficient (Wildman–Crippen LogP) is 4.56. The lowest BCUT2D eigenvalue weighted by molar-refractivity contribution is 0.948. The average molecular weight is 357 g/mol. The van der Waals surface area contributed by atoms with Crippen LogP contribution in [0.25, 0.3) is 11.0 Å². The van der Waals surface area contributed by atoms with Gasteiger partial charge < -0.3 is 10.6 Å². The molecule has 0 atom stereocenters. The maximum Gasteiger partial charge on any atom is 0.139 e. The van der Waals surface area contributed by atoms with Gasteiger partial charge in [0.05, 0.1) is 16.2 Å². The Bertz CT molecular complexity index is 925. The number of aromatic nitrogens is 4. The number of anilines is 3. The third-order valence-corrected chi connectivity index (χ3v) is 4.23. The normalized spacial score (nSPS) is 10.9. The van der Waals surface area contributed by atoms with Gasteiger partial charge in [0, 0.05) is 24.5 Å². The quantitative estimate of drug-likeness (QED) is 0.697. The molecule has 2 heterocycles. The van der Waals surface area contributed by atoms with Gasteiger partial charge in [-0.2, -0.15) is 0 Å². The zero-order chi connectivity index (χ0) is 18.0. The second-order valence-corrected chi connectivity index (χ2v) is 6.36. The van der Waals surface area contributed by atoms with Crippen LogP contribution in [0.1, 0.15) is 30.3 Å². The number of rotatable bonds is 5. The number of hydrogen-bond donors (Lipinski definition) is 2. The van der Waals surface area contributed by atoms with E-state index < -0.39 is 0 Å². The second kappa shape index (κ2) is 7.19. The van der Waals surface area contributed by atoms with Crippen LogP contribution in [0.3, 0.4) is 0 Å². The van der Waals surface area contributed by atoms with Crippen molar-refractivity contribution in [2.75, 3.05) is 17.2 Å². The van der Waals surface area contributed by atoms with E-state index >= 15 is 0 Å². The van der Waals surface area contributed by atoms with Crippen LogP contribution in [-0.4, -0.2) is 26.5 Å². The second-order valence-electron chi connectivity index (χ2n) is 5.95. The SMILES string of the molecule is CCCNc1nc(C)nc(Nc2c(Cl)cc(C)c3nccnc23)c1C.